The highest BCUT2D eigenvalue weighted by Gasteiger charge is 2.09. The van der Waals surface area contributed by atoms with Gasteiger partial charge in [0.2, 0.25) is 0 Å². The average molecular weight is 327 g/mol. The fraction of sp³-hybridized carbons (Fsp3) is 0.533. The topological polar surface area (TPSA) is 33.1 Å². The van der Waals surface area contributed by atoms with Crippen molar-refractivity contribution in [3.8, 4) is 0 Å². The summed E-state index contributed by atoms with van der Waals surface area (Å²) in [6.07, 6.45) is 3.95. The molecule has 21 heavy (non-hydrogen) atoms. The van der Waals surface area contributed by atoms with Gasteiger partial charge in [-0.3, -0.25) is 4.68 Å². The summed E-state index contributed by atoms with van der Waals surface area (Å²) >= 11 is 7.54. The zero-order chi connectivity index (χ0) is 15.2. The molecule has 2 rings (SSSR count). The molecule has 1 atom stereocenters. The predicted octanol–water partition coefficient (Wildman–Crippen LogP) is 4.11. The van der Waals surface area contributed by atoms with Crippen molar-refractivity contribution < 1.29 is 0 Å². The number of nitrogens with zero attached hydrogens (tertiary/aromatic N) is 3. The number of thiophene rings is 1. The zero-order valence-electron chi connectivity index (χ0n) is 12.8. The maximum atomic E-state index is 5.98. The van der Waals surface area contributed by atoms with Crippen LogP contribution in [0.25, 0.3) is 0 Å². The van der Waals surface area contributed by atoms with Crippen LogP contribution in [0.15, 0.2) is 23.8 Å². The summed E-state index contributed by atoms with van der Waals surface area (Å²) in [6, 6.07) is 2.24. The molecular formula is C15H23ClN4S. The quantitative estimate of drug-likeness (QED) is 0.792. The van der Waals surface area contributed by atoms with Crippen LogP contribution < -0.4 is 5.32 Å². The molecule has 1 N–H and O–H groups in total. The molecule has 0 spiro atoms. The van der Waals surface area contributed by atoms with Crippen molar-refractivity contribution in [3.05, 3.63) is 33.7 Å². The number of hydrogen-bond acceptors (Lipinski definition) is 4. The first-order valence-electron chi connectivity index (χ1n) is 7.37. The predicted molar refractivity (Wildman–Crippen MR) is 91.4 cm³/mol. The molecule has 0 saturated carbocycles. The van der Waals surface area contributed by atoms with E-state index in [4.69, 9.17) is 11.6 Å². The molecule has 0 bridgehead atoms. The second-order valence-electron chi connectivity index (χ2n) is 5.07. The zero-order valence-corrected chi connectivity index (χ0v) is 14.4. The molecule has 0 aliphatic rings. The smallest absolute Gasteiger partial charge is 0.0931 e. The number of anilines is 1. The molecule has 4 nitrogen and oxygen atoms in total. The summed E-state index contributed by atoms with van der Waals surface area (Å²) in [7, 11) is 0. The Hall–Kier alpha value is -1.04. The lowest BCUT2D eigenvalue weighted by Gasteiger charge is -2.17. The Bertz CT molecular complexity index is 547. The fourth-order valence-corrected chi connectivity index (χ4v) is 3.21. The van der Waals surface area contributed by atoms with Crippen LogP contribution in [-0.2, 0) is 6.54 Å². The van der Waals surface area contributed by atoms with Gasteiger partial charge in [0, 0.05) is 18.8 Å². The van der Waals surface area contributed by atoms with Crippen molar-refractivity contribution >= 4 is 28.6 Å². The Morgan fingerprint density at radius 3 is 2.81 bits per heavy atom. The Balaban J connectivity index is 1.88. The molecule has 0 fully saturated rings. The lowest BCUT2D eigenvalue weighted by molar-refractivity contribution is 0.285. The lowest BCUT2D eigenvalue weighted by Crippen LogP contribution is -2.27. The lowest BCUT2D eigenvalue weighted by atomic mass is 10.2. The Labute approximate surface area is 135 Å². The van der Waals surface area contributed by atoms with Crippen LogP contribution in [0.2, 0.25) is 4.34 Å². The second-order valence-corrected chi connectivity index (χ2v) is 6.61. The molecule has 2 aromatic rings. The van der Waals surface area contributed by atoms with Gasteiger partial charge in [0.1, 0.15) is 0 Å². The highest BCUT2D eigenvalue weighted by Crippen LogP contribution is 2.26. The summed E-state index contributed by atoms with van der Waals surface area (Å²) in [5, 5.41) is 9.96. The molecule has 0 radical (unpaired) electrons. The number of nitrogens with one attached hydrogen (secondary N) is 1. The number of rotatable bonds is 8. The molecule has 2 aromatic heterocycles. The Morgan fingerprint density at radius 2 is 2.19 bits per heavy atom. The molecule has 0 amide bonds. The van der Waals surface area contributed by atoms with E-state index < -0.39 is 0 Å². The molecule has 116 valence electrons. The van der Waals surface area contributed by atoms with Crippen LogP contribution in [0.1, 0.15) is 32.4 Å². The summed E-state index contributed by atoms with van der Waals surface area (Å²) in [5.74, 6) is 0. The number of halogens is 1. The monoisotopic (exact) mass is 326 g/mol. The van der Waals surface area contributed by atoms with Gasteiger partial charge in [0.05, 0.1) is 22.8 Å². The molecule has 0 aromatic carbocycles. The normalized spacial score (nSPS) is 12.8. The molecule has 6 heteroatoms. The molecular weight excluding hydrogens is 304 g/mol. The molecule has 0 saturated heterocycles. The summed E-state index contributed by atoms with van der Waals surface area (Å²) < 4.78 is 2.82. The maximum absolute atomic E-state index is 5.98. The van der Waals surface area contributed by atoms with Gasteiger partial charge in [-0.05, 0) is 37.0 Å². The highest BCUT2D eigenvalue weighted by molar-refractivity contribution is 7.14. The summed E-state index contributed by atoms with van der Waals surface area (Å²) in [4.78, 5) is 2.39. The first-order valence-corrected chi connectivity index (χ1v) is 8.63. The minimum absolute atomic E-state index is 0.231. The van der Waals surface area contributed by atoms with Crippen molar-refractivity contribution in [3.63, 3.8) is 0 Å². The third-order valence-corrected chi connectivity index (χ3v) is 4.75. The fourth-order valence-electron chi connectivity index (χ4n) is 2.23. The average Bonchev–Trinajstić information content (AvgIpc) is 3.09. The summed E-state index contributed by atoms with van der Waals surface area (Å²) in [6.45, 7) is 10.6. The minimum Gasteiger partial charge on any atom is -0.376 e. The summed E-state index contributed by atoms with van der Waals surface area (Å²) in [5.41, 5.74) is 2.25. The van der Waals surface area contributed by atoms with Crippen LogP contribution in [0.4, 0.5) is 5.69 Å². The number of hydrogen-bond donors (Lipinski definition) is 1. The Morgan fingerprint density at radius 1 is 1.43 bits per heavy atom. The van der Waals surface area contributed by atoms with Crippen LogP contribution in [-0.4, -0.2) is 34.3 Å². The van der Waals surface area contributed by atoms with E-state index in [1.165, 1.54) is 5.56 Å². The van der Waals surface area contributed by atoms with Gasteiger partial charge in [-0.1, -0.05) is 25.4 Å². The van der Waals surface area contributed by atoms with Crippen molar-refractivity contribution in [1.29, 1.82) is 0 Å². The van der Waals surface area contributed by atoms with E-state index >= 15 is 0 Å². The van der Waals surface area contributed by atoms with Crippen molar-refractivity contribution in [2.45, 2.75) is 33.4 Å². The van der Waals surface area contributed by atoms with E-state index in [2.05, 4.69) is 47.7 Å². The standard InChI is InChI=1S/C15H23ClN4S/c1-4-19(5-2)6-7-20-10-14(9-17-20)18-12(3)13-8-15(16)21-11-13/h8-12,18H,4-7H2,1-3H3. The second kappa shape index (κ2) is 7.82. The van der Waals surface area contributed by atoms with Crippen LogP contribution in [0.5, 0.6) is 0 Å². The molecule has 1 unspecified atom stereocenters. The van der Waals surface area contributed by atoms with E-state index in [1.54, 1.807) is 11.3 Å². The van der Waals surface area contributed by atoms with Crippen molar-refractivity contribution in [1.82, 2.24) is 14.7 Å². The van der Waals surface area contributed by atoms with Gasteiger partial charge >= 0.3 is 0 Å². The van der Waals surface area contributed by atoms with Gasteiger partial charge in [-0.2, -0.15) is 5.10 Å². The van der Waals surface area contributed by atoms with Gasteiger partial charge in [-0.15, -0.1) is 11.3 Å². The van der Waals surface area contributed by atoms with Crippen LogP contribution in [0, 0.1) is 0 Å². The maximum Gasteiger partial charge on any atom is 0.0931 e. The third-order valence-electron chi connectivity index (χ3n) is 3.64. The van der Waals surface area contributed by atoms with Gasteiger partial charge in [0.15, 0.2) is 0 Å². The van der Waals surface area contributed by atoms with Crippen LogP contribution in [0.3, 0.4) is 0 Å². The molecule has 0 aliphatic heterocycles. The molecule has 2 heterocycles. The molecule has 0 aliphatic carbocycles. The SMILES string of the molecule is CCN(CC)CCn1cc(NC(C)c2csc(Cl)c2)cn1. The first-order chi connectivity index (χ1) is 10.1. The third kappa shape index (κ3) is 4.73. The van der Waals surface area contributed by atoms with E-state index in [-0.39, 0.29) is 6.04 Å². The van der Waals surface area contributed by atoms with Gasteiger partial charge in [0.25, 0.3) is 0 Å². The number of aromatic nitrogens is 2. The van der Waals surface area contributed by atoms with Crippen molar-refractivity contribution in [2.75, 3.05) is 25.0 Å². The van der Waals surface area contributed by atoms with E-state index in [0.717, 1.165) is 36.2 Å². The Kier molecular flexibility index (Phi) is 6.08. The highest BCUT2D eigenvalue weighted by atomic mass is 35.5. The van der Waals surface area contributed by atoms with Crippen LogP contribution >= 0.6 is 22.9 Å². The van der Waals surface area contributed by atoms with E-state index in [9.17, 15) is 0 Å². The largest absolute Gasteiger partial charge is 0.376 e. The van der Waals surface area contributed by atoms with Gasteiger partial charge in [-0.25, -0.2) is 0 Å². The number of likely N-dealkylation sites (N-methyl/N-ethyl adjacent to an activating group) is 1. The van der Waals surface area contributed by atoms with Gasteiger partial charge < -0.3 is 10.2 Å². The minimum atomic E-state index is 0.231. The van der Waals surface area contributed by atoms with E-state index in [0.29, 0.717) is 0 Å². The van der Waals surface area contributed by atoms with Crippen molar-refractivity contribution in [2.24, 2.45) is 0 Å². The van der Waals surface area contributed by atoms with E-state index in [1.807, 2.05) is 16.9 Å². The first kappa shape index (κ1) is 16.3.